The molecule has 2 aromatic carbocycles. The lowest BCUT2D eigenvalue weighted by Gasteiger charge is -2.19. The molecule has 0 fully saturated rings. The Hall–Kier alpha value is -2.08. The summed E-state index contributed by atoms with van der Waals surface area (Å²) in [5.74, 6) is 0. The van der Waals surface area contributed by atoms with Gasteiger partial charge in [-0.3, -0.25) is 0 Å². The molecule has 0 aliphatic rings. The smallest absolute Gasteiger partial charge is 0.0132 e. The van der Waals surface area contributed by atoms with E-state index < -0.39 is 0 Å². The van der Waals surface area contributed by atoms with E-state index in [2.05, 4.69) is 101 Å². The second-order valence-corrected chi connectivity index (χ2v) is 6.76. The van der Waals surface area contributed by atoms with Crippen molar-refractivity contribution in [1.29, 1.82) is 0 Å². The Morgan fingerprint density at radius 2 is 1.41 bits per heavy atom. The van der Waals surface area contributed by atoms with Gasteiger partial charge < -0.3 is 0 Å². The number of hydrogen-bond acceptors (Lipinski definition) is 0. The topological polar surface area (TPSA) is 0 Å². The molecule has 0 heteroatoms. The maximum absolute atomic E-state index is 2.27. The summed E-state index contributed by atoms with van der Waals surface area (Å²) in [6, 6.07) is 19.5. The van der Waals surface area contributed by atoms with Crippen LogP contribution in [-0.2, 0) is 5.41 Å². The van der Waals surface area contributed by atoms with Crippen molar-refractivity contribution in [2.45, 2.75) is 40.0 Å². The van der Waals surface area contributed by atoms with Gasteiger partial charge in [-0.15, -0.1) is 0 Å². The second-order valence-electron chi connectivity index (χ2n) is 6.76. The molecule has 0 N–H and O–H groups in total. The van der Waals surface area contributed by atoms with E-state index in [1.807, 2.05) is 0 Å². The molecule has 0 atom stereocenters. The van der Waals surface area contributed by atoms with Crippen molar-refractivity contribution in [2.24, 2.45) is 0 Å². The minimum absolute atomic E-state index is 0.203. The van der Waals surface area contributed by atoms with Gasteiger partial charge >= 0.3 is 0 Å². The van der Waals surface area contributed by atoms with Crippen LogP contribution in [0.1, 0.15) is 51.3 Å². The van der Waals surface area contributed by atoms with E-state index in [1.54, 1.807) is 0 Å². The molecule has 0 bridgehead atoms. The van der Waals surface area contributed by atoms with Gasteiger partial charge in [0.25, 0.3) is 0 Å². The van der Waals surface area contributed by atoms with Crippen molar-refractivity contribution in [1.82, 2.24) is 0 Å². The van der Waals surface area contributed by atoms with Gasteiger partial charge in [-0.2, -0.15) is 0 Å². The summed E-state index contributed by atoms with van der Waals surface area (Å²) in [4.78, 5) is 0. The summed E-state index contributed by atoms with van der Waals surface area (Å²) < 4.78 is 0. The highest BCUT2D eigenvalue weighted by Gasteiger charge is 2.12. The Morgan fingerprint density at radius 1 is 0.818 bits per heavy atom. The van der Waals surface area contributed by atoms with E-state index in [0.717, 1.165) is 0 Å². The van der Waals surface area contributed by atoms with Crippen LogP contribution >= 0.6 is 0 Å². The first-order valence-corrected chi connectivity index (χ1v) is 7.93. The number of rotatable bonds is 3. The first kappa shape index (κ1) is 16.3. The number of allylic oxidation sites excluding steroid dienone is 4. The lowest BCUT2D eigenvalue weighted by Crippen LogP contribution is -2.10. The average Bonchev–Trinajstić information content (AvgIpc) is 2.52. The predicted molar refractivity (Wildman–Crippen MR) is 98.9 cm³/mol. The largest absolute Gasteiger partial charge is 0.0798 e. The SMILES string of the molecule is C/C=C(\C=C(/C)c1ccc(C(C)(C)C)cc1)c1ccccc1. The third kappa shape index (κ3) is 3.98. The normalized spacial score (nSPS) is 13.3. The summed E-state index contributed by atoms with van der Waals surface area (Å²) in [5, 5.41) is 0. The first-order valence-electron chi connectivity index (χ1n) is 7.93. The summed E-state index contributed by atoms with van der Waals surface area (Å²) in [6.07, 6.45) is 4.43. The van der Waals surface area contributed by atoms with Crippen LogP contribution in [0.2, 0.25) is 0 Å². The Labute approximate surface area is 135 Å². The van der Waals surface area contributed by atoms with E-state index in [-0.39, 0.29) is 5.41 Å². The molecule has 2 aromatic rings. The van der Waals surface area contributed by atoms with Crippen molar-refractivity contribution in [3.05, 3.63) is 83.4 Å². The van der Waals surface area contributed by atoms with Gasteiger partial charge in [0.2, 0.25) is 0 Å². The van der Waals surface area contributed by atoms with Crippen LogP contribution < -0.4 is 0 Å². The van der Waals surface area contributed by atoms with E-state index in [0.29, 0.717) is 0 Å². The molecule has 0 amide bonds. The van der Waals surface area contributed by atoms with Crippen molar-refractivity contribution in [3.63, 3.8) is 0 Å². The Balaban J connectivity index is 2.29. The zero-order valence-electron chi connectivity index (χ0n) is 14.4. The van der Waals surface area contributed by atoms with Gasteiger partial charge in [0.15, 0.2) is 0 Å². The van der Waals surface area contributed by atoms with Crippen molar-refractivity contribution < 1.29 is 0 Å². The van der Waals surface area contributed by atoms with Gasteiger partial charge in [0.1, 0.15) is 0 Å². The van der Waals surface area contributed by atoms with Gasteiger partial charge in [-0.05, 0) is 47.1 Å². The van der Waals surface area contributed by atoms with E-state index in [4.69, 9.17) is 0 Å². The molecule has 0 saturated heterocycles. The van der Waals surface area contributed by atoms with Gasteiger partial charge in [-0.1, -0.05) is 87.5 Å². The summed E-state index contributed by atoms with van der Waals surface area (Å²) >= 11 is 0. The van der Waals surface area contributed by atoms with Crippen molar-refractivity contribution in [2.75, 3.05) is 0 Å². The molecular formula is C22H26. The van der Waals surface area contributed by atoms with Gasteiger partial charge in [-0.25, -0.2) is 0 Å². The van der Waals surface area contributed by atoms with E-state index >= 15 is 0 Å². The van der Waals surface area contributed by atoms with Crippen LogP contribution in [0.3, 0.4) is 0 Å². The predicted octanol–water partition coefficient (Wildman–Crippen LogP) is 6.49. The Bertz CT molecular complexity index is 662. The zero-order chi connectivity index (χ0) is 16.2. The molecule has 0 saturated carbocycles. The standard InChI is InChI=1S/C22H26/c1-6-18(20-10-8-7-9-11-20)16-17(2)19-12-14-21(15-13-19)22(3,4)5/h6-16H,1-5H3/b17-16+,18-6+. The third-order valence-electron chi connectivity index (χ3n) is 4.00. The Morgan fingerprint density at radius 3 is 1.91 bits per heavy atom. The van der Waals surface area contributed by atoms with Crippen LogP contribution in [-0.4, -0.2) is 0 Å². The second kappa shape index (κ2) is 6.79. The molecule has 2 rings (SSSR count). The van der Waals surface area contributed by atoms with Gasteiger partial charge in [0.05, 0.1) is 0 Å². The lowest BCUT2D eigenvalue weighted by molar-refractivity contribution is 0.590. The molecule has 0 spiro atoms. The minimum atomic E-state index is 0.203. The molecule has 0 radical (unpaired) electrons. The summed E-state index contributed by atoms with van der Waals surface area (Å²) in [7, 11) is 0. The van der Waals surface area contributed by atoms with Crippen LogP contribution in [0.25, 0.3) is 11.1 Å². The minimum Gasteiger partial charge on any atom is -0.0798 e. The number of benzene rings is 2. The highest BCUT2D eigenvalue weighted by molar-refractivity contribution is 5.83. The van der Waals surface area contributed by atoms with Crippen LogP contribution in [0.15, 0.2) is 66.7 Å². The van der Waals surface area contributed by atoms with E-state index in [1.165, 1.54) is 27.8 Å². The highest BCUT2D eigenvalue weighted by Crippen LogP contribution is 2.26. The first-order chi connectivity index (χ1) is 10.4. The number of hydrogen-bond donors (Lipinski definition) is 0. The maximum Gasteiger partial charge on any atom is -0.0132 e. The fourth-order valence-electron chi connectivity index (χ4n) is 2.51. The summed E-state index contributed by atoms with van der Waals surface area (Å²) in [5.41, 5.74) is 6.67. The molecule has 22 heavy (non-hydrogen) atoms. The van der Waals surface area contributed by atoms with E-state index in [9.17, 15) is 0 Å². The fourth-order valence-corrected chi connectivity index (χ4v) is 2.51. The maximum atomic E-state index is 2.27. The molecule has 0 aromatic heterocycles. The summed E-state index contributed by atoms with van der Waals surface area (Å²) in [6.45, 7) is 11.0. The van der Waals surface area contributed by atoms with Crippen molar-refractivity contribution >= 4 is 11.1 Å². The monoisotopic (exact) mass is 290 g/mol. The Kier molecular flexibility index (Phi) is 5.03. The van der Waals surface area contributed by atoms with Gasteiger partial charge in [0, 0.05) is 0 Å². The van der Waals surface area contributed by atoms with Crippen LogP contribution in [0, 0.1) is 0 Å². The zero-order valence-corrected chi connectivity index (χ0v) is 14.4. The highest BCUT2D eigenvalue weighted by atomic mass is 14.2. The molecular weight excluding hydrogens is 264 g/mol. The van der Waals surface area contributed by atoms with Crippen LogP contribution in [0.4, 0.5) is 0 Å². The molecule has 0 unspecified atom stereocenters. The van der Waals surface area contributed by atoms with Crippen LogP contribution in [0.5, 0.6) is 0 Å². The molecule has 114 valence electrons. The lowest BCUT2D eigenvalue weighted by atomic mass is 9.86. The molecule has 0 heterocycles. The third-order valence-corrected chi connectivity index (χ3v) is 4.00. The molecule has 0 nitrogen and oxygen atoms in total. The fraction of sp³-hybridized carbons (Fsp3) is 0.273. The van der Waals surface area contributed by atoms with Crippen molar-refractivity contribution in [3.8, 4) is 0 Å². The molecule has 0 aliphatic carbocycles. The molecule has 0 aliphatic heterocycles. The average molecular weight is 290 g/mol. The quantitative estimate of drug-likeness (QED) is 0.567.